The summed E-state index contributed by atoms with van der Waals surface area (Å²) in [5.74, 6) is 0.0451. The van der Waals surface area contributed by atoms with Gasteiger partial charge in [-0.3, -0.25) is 4.79 Å². The van der Waals surface area contributed by atoms with Gasteiger partial charge in [0.1, 0.15) is 0 Å². The molecule has 0 fully saturated rings. The molecule has 2 heteroatoms. The van der Waals surface area contributed by atoms with Crippen LogP contribution in [0.25, 0.3) is 6.08 Å². The molecule has 2 rings (SSSR count). The van der Waals surface area contributed by atoms with Crippen LogP contribution < -0.4 is 5.32 Å². The predicted molar refractivity (Wildman–Crippen MR) is 65.7 cm³/mol. The molecule has 0 atom stereocenters. The zero-order valence-corrected chi connectivity index (χ0v) is 10.0. The predicted octanol–water partition coefficient (Wildman–Crippen LogP) is 2.75. The summed E-state index contributed by atoms with van der Waals surface area (Å²) in [4.78, 5) is 12.0. The average Bonchev–Trinajstić information content (AvgIpc) is 2.38. The van der Waals surface area contributed by atoms with Gasteiger partial charge in [0.15, 0.2) is 0 Å². The summed E-state index contributed by atoms with van der Waals surface area (Å²) >= 11 is 0. The third-order valence-corrected chi connectivity index (χ3v) is 2.85. The highest BCUT2D eigenvalue weighted by Gasteiger charge is 2.25. The van der Waals surface area contributed by atoms with E-state index in [1.165, 1.54) is 5.56 Å². The second-order valence-electron chi connectivity index (χ2n) is 5.19. The van der Waals surface area contributed by atoms with E-state index in [4.69, 9.17) is 0 Å². The summed E-state index contributed by atoms with van der Waals surface area (Å²) in [6.07, 6.45) is 2.01. The van der Waals surface area contributed by atoms with Crippen molar-refractivity contribution in [2.24, 2.45) is 5.41 Å². The van der Waals surface area contributed by atoms with E-state index < -0.39 is 0 Å². The van der Waals surface area contributed by atoms with Gasteiger partial charge in [-0.25, -0.2) is 0 Å². The first kappa shape index (κ1) is 10.9. The lowest BCUT2D eigenvalue weighted by molar-refractivity contribution is -0.118. The summed E-state index contributed by atoms with van der Waals surface area (Å²) in [5.41, 5.74) is 3.04. The topological polar surface area (TPSA) is 29.1 Å². The number of fused-ring (bicyclic) bond motifs is 1. The van der Waals surface area contributed by atoms with Crippen molar-refractivity contribution < 1.29 is 4.79 Å². The molecule has 0 saturated heterocycles. The lowest BCUT2D eigenvalue weighted by atomic mass is 9.85. The van der Waals surface area contributed by atoms with Gasteiger partial charge in [-0.15, -0.1) is 0 Å². The summed E-state index contributed by atoms with van der Waals surface area (Å²) in [7, 11) is 0. The fourth-order valence-corrected chi connectivity index (χ4v) is 1.88. The van der Waals surface area contributed by atoms with E-state index in [-0.39, 0.29) is 11.3 Å². The Morgan fingerprint density at radius 3 is 2.56 bits per heavy atom. The Balaban J connectivity index is 2.53. The maximum absolute atomic E-state index is 12.0. The first-order chi connectivity index (χ1) is 7.48. The molecule has 0 unspecified atom stereocenters. The van der Waals surface area contributed by atoms with Gasteiger partial charge >= 0.3 is 0 Å². The highest BCUT2D eigenvalue weighted by molar-refractivity contribution is 6.00. The van der Waals surface area contributed by atoms with Gasteiger partial charge in [-0.2, -0.15) is 0 Å². The van der Waals surface area contributed by atoms with Crippen LogP contribution in [-0.2, 0) is 11.3 Å². The van der Waals surface area contributed by atoms with Gasteiger partial charge in [0.2, 0.25) is 5.91 Å². The second-order valence-corrected chi connectivity index (χ2v) is 5.19. The molecule has 84 valence electrons. The number of carbonyl (C=O) groups is 1. The Hall–Kier alpha value is -1.57. The van der Waals surface area contributed by atoms with Crippen molar-refractivity contribution in [2.45, 2.75) is 27.3 Å². The largest absolute Gasteiger partial charge is 0.348 e. The van der Waals surface area contributed by atoms with Crippen molar-refractivity contribution in [1.29, 1.82) is 0 Å². The molecule has 2 nitrogen and oxygen atoms in total. The maximum atomic E-state index is 12.0. The van der Waals surface area contributed by atoms with E-state index >= 15 is 0 Å². The number of nitrogens with one attached hydrogen (secondary N) is 1. The summed E-state index contributed by atoms with van der Waals surface area (Å²) < 4.78 is 0. The molecular weight excluding hydrogens is 198 g/mol. The van der Waals surface area contributed by atoms with Gasteiger partial charge in [0.05, 0.1) is 0 Å². The molecule has 1 aliphatic heterocycles. The van der Waals surface area contributed by atoms with E-state index in [2.05, 4.69) is 38.2 Å². The Bertz CT molecular complexity index is 452. The van der Waals surface area contributed by atoms with Crippen LogP contribution >= 0.6 is 0 Å². The number of benzene rings is 1. The Kier molecular flexibility index (Phi) is 2.58. The summed E-state index contributed by atoms with van der Waals surface area (Å²) in [5, 5.41) is 2.95. The molecular formula is C14H17NO. The van der Waals surface area contributed by atoms with Gasteiger partial charge in [-0.05, 0) is 22.6 Å². The van der Waals surface area contributed by atoms with Crippen LogP contribution in [0.15, 0.2) is 29.8 Å². The summed E-state index contributed by atoms with van der Waals surface area (Å²) in [6.45, 7) is 6.80. The molecule has 0 saturated carbocycles. The van der Waals surface area contributed by atoms with Gasteiger partial charge in [0.25, 0.3) is 0 Å². The Morgan fingerprint density at radius 2 is 1.88 bits per heavy atom. The van der Waals surface area contributed by atoms with Crippen LogP contribution in [-0.4, -0.2) is 5.91 Å². The smallest absolute Gasteiger partial charge is 0.248 e. The number of rotatable bonds is 0. The van der Waals surface area contributed by atoms with Gasteiger partial charge < -0.3 is 5.32 Å². The van der Waals surface area contributed by atoms with Gasteiger partial charge in [-0.1, -0.05) is 45.0 Å². The van der Waals surface area contributed by atoms with Crippen molar-refractivity contribution in [3.05, 3.63) is 41.0 Å². The number of carbonyl (C=O) groups excluding carboxylic acids is 1. The van der Waals surface area contributed by atoms with Crippen LogP contribution in [0, 0.1) is 5.41 Å². The number of amides is 1. The van der Waals surface area contributed by atoms with Gasteiger partial charge in [0, 0.05) is 12.1 Å². The minimum Gasteiger partial charge on any atom is -0.348 e. The molecule has 1 aliphatic rings. The number of hydrogen-bond donors (Lipinski definition) is 1. The van der Waals surface area contributed by atoms with Crippen LogP contribution in [0.4, 0.5) is 0 Å². The second kappa shape index (κ2) is 3.78. The standard InChI is InChI=1S/C14H17NO/c1-14(2,3)12-8-10-6-4-5-7-11(10)9-15-13(12)16/h4-8H,9H2,1-3H3,(H,15,16). The average molecular weight is 215 g/mol. The van der Waals surface area contributed by atoms with Crippen LogP contribution in [0.1, 0.15) is 31.9 Å². The first-order valence-electron chi connectivity index (χ1n) is 5.57. The van der Waals surface area contributed by atoms with Crippen LogP contribution in [0.2, 0.25) is 0 Å². The lowest BCUT2D eigenvalue weighted by Gasteiger charge is -2.20. The fraction of sp³-hybridized carbons (Fsp3) is 0.357. The highest BCUT2D eigenvalue weighted by atomic mass is 16.1. The molecule has 0 aliphatic carbocycles. The third kappa shape index (κ3) is 2.01. The monoisotopic (exact) mass is 215 g/mol. The zero-order valence-electron chi connectivity index (χ0n) is 10.0. The van der Waals surface area contributed by atoms with E-state index in [0.717, 1.165) is 11.1 Å². The third-order valence-electron chi connectivity index (χ3n) is 2.85. The van der Waals surface area contributed by atoms with Crippen molar-refractivity contribution >= 4 is 12.0 Å². The lowest BCUT2D eigenvalue weighted by Crippen LogP contribution is -2.28. The number of hydrogen-bond acceptors (Lipinski definition) is 1. The minimum absolute atomic E-state index is 0.0451. The molecule has 0 spiro atoms. The molecule has 1 heterocycles. The van der Waals surface area contributed by atoms with E-state index in [0.29, 0.717) is 6.54 Å². The maximum Gasteiger partial charge on any atom is 0.248 e. The molecule has 1 N–H and O–H groups in total. The quantitative estimate of drug-likeness (QED) is 0.708. The molecule has 0 aromatic heterocycles. The molecule has 0 radical (unpaired) electrons. The molecule has 1 aromatic rings. The molecule has 0 bridgehead atoms. The van der Waals surface area contributed by atoms with E-state index in [1.54, 1.807) is 0 Å². The highest BCUT2D eigenvalue weighted by Crippen LogP contribution is 2.29. The van der Waals surface area contributed by atoms with Crippen molar-refractivity contribution in [3.63, 3.8) is 0 Å². The molecule has 16 heavy (non-hydrogen) atoms. The van der Waals surface area contributed by atoms with Crippen molar-refractivity contribution in [1.82, 2.24) is 5.32 Å². The fourth-order valence-electron chi connectivity index (χ4n) is 1.88. The Morgan fingerprint density at radius 1 is 1.19 bits per heavy atom. The van der Waals surface area contributed by atoms with E-state index in [1.807, 2.05) is 18.2 Å². The SMILES string of the molecule is CC(C)(C)C1=Cc2ccccc2CNC1=O. The minimum atomic E-state index is -0.123. The summed E-state index contributed by atoms with van der Waals surface area (Å²) in [6, 6.07) is 8.12. The van der Waals surface area contributed by atoms with Crippen LogP contribution in [0.3, 0.4) is 0 Å². The molecule has 1 amide bonds. The van der Waals surface area contributed by atoms with E-state index in [9.17, 15) is 4.79 Å². The normalized spacial score (nSPS) is 15.9. The first-order valence-corrected chi connectivity index (χ1v) is 5.57. The zero-order chi connectivity index (χ0) is 11.8. The Labute approximate surface area is 96.4 Å². The molecule has 1 aromatic carbocycles. The van der Waals surface area contributed by atoms with Crippen LogP contribution in [0.5, 0.6) is 0 Å². The van der Waals surface area contributed by atoms with Crippen molar-refractivity contribution in [3.8, 4) is 0 Å². The van der Waals surface area contributed by atoms with Crippen molar-refractivity contribution in [2.75, 3.05) is 0 Å².